The van der Waals surface area contributed by atoms with E-state index >= 15 is 0 Å². The van der Waals surface area contributed by atoms with Crippen molar-refractivity contribution in [3.63, 3.8) is 0 Å². The fourth-order valence-electron chi connectivity index (χ4n) is 3.69. The molecule has 176 valence electrons. The first kappa shape index (κ1) is 24.5. The van der Waals surface area contributed by atoms with Crippen molar-refractivity contribution in [2.75, 3.05) is 12.3 Å². The smallest absolute Gasteiger partial charge is 0.351 e. The SMILES string of the molecule is Nc1ccn([C@@H]2O[C@H](COP(=O)([O-])OC(C3CCCC3)P(=O)([O-])[O-])[C@@H](O)[C@H]2O)c(=O)n1. The fraction of sp³-hybridized carbons (Fsp3) is 0.733. The maximum Gasteiger partial charge on any atom is 0.351 e. The standard InChI is InChI=1S/C15H25N3O11P2/c16-10-5-6-18(15(21)17-10)13-12(20)11(19)9(28-13)7-27-31(25,26)29-14(30(22,23)24)8-3-1-2-4-8/h5-6,8-9,11-14,19-20H,1-4,7H2,(H,25,26)(H2,16,17,21)(H2,22,23,24)/p-3/t9-,11-,12-,13-,14?/m1/s1. The minimum absolute atomic E-state index is 0.0792. The predicted octanol–water partition coefficient (Wildman–Crippen LogP) is -2.62. The molecule has 2 unspecified atom stereocenters. The topological polar surface area (TPSA) is 232 Å². The van der Waals surface area contributed by atoms with Crippen LogP contribution in [0.25, 0.3) is 0 Å². The third-order valence-corrected chi connectivity index (χ3v) is 7.48. The van der Waals surface area contributed by atoms with Gasteiger partial charge in [0, 0.05) is 6.20 Å². The van der Waals surface area contributed by atoms with E-state index in [0.717, 1.165) is 4.57 Å². The molecule has 6 atom stereocenters. The normalized spacial score (nSPS) is 30.4. The van der Waals surface area contributed by atoms with Crippen molar-refractivity contribution in [2.45, 2.75) is 56.1 Å². The minimum Gasteiger partial charge on any atom is -0.809 e. The molecule has 4 N–H and O–H groups in total. The first-order valence-electron chi connectivity index (χ1n) is 9.41. The Morgan fingerprint density at radius 1 is 1.26 bits per heavy atom. The van der Waals surface area contributed by atoms with E-state index < -0.39 is 64.0 Å². The highest BCUT2D eigenvalue weighted by Gasteiger charge is 2.45. The van der Waals surface area contributed by atoms with Gasteiger partial charge in [-0.2, -0.15) is 4.98 Å². The van der Waals surface area contributed by atoms with Crippen LogP contribution >= 0.6 is 15.4 Å². The van der Waals surface area contributed by atoms with Gasteiger partial charge in [0.05, 0.1) is 12.5 Å². The summed E-state index contributed by atoms with van der Waals surface area (Å²) in [6.45, 7) is -0.869. The van der Waals surface area contributed by atoms with Crippen LogP contribution in [0.5, 0.6) is 0 Å². The van der Waals surface area contributed by atoms with Gasteiger partial charge < -0.3 is 49.0 Å². The van der Waals surface area contributed by atoms with Crippen molar-refractivity contribution in [2.24, 2.45) is 5.92 Å². The third kappa shape index (κ3) is 5.79. The highest BCUT2D eigenvalue weighted by Crippen LogP contribution is 2.52. The van der Waals surface area contributed by atoms with Crippen LogP contribution in [0.15, 0.2) is 17.1 Å². The second-order valence-corrected chi connectivity index (χ2v) is 10.4. The molecular formula is C15H22N3O11P2-3. The molecule has 1 aromatic heterocycles. The number of nitrogens with two attached hydrogens (primary N) is 1. The lowest BCUT2D eigenvalue weighted by Crippen LogP contribution is -2.37. The molecule has 0 aromatic carbocycles. The number of aliphatic hydroxyl groups is 2. The van der Waals surface area contributed by atoms with Crippen LogP contribution in [0.4, 0.5) is 5.82 Å². The molecule has 2 heterocycles. The van der Waals surface area contributed by atoms with Crippen LogP contribution in [0, 0.1) is 5.92 Å². The van der Waals surface area contributed by atoms with Crippen molar-refractivity contribution < 1.29 is 47.8 Å². The van der Waals surface area contributed by atoms with E-state index in [1.807, 2.05) is 0 Å². The zero-order valence-electron chi connectivity index (χ0n) is 16.1. The molecule has 0 spiro atoms. The zero-order chi connectivity index (χ0) is 23.0. The lowest BCUT2D eigenvalue weighted by molar-refractivity contribution is -0.326. The van der Waals surface area contributed by atoms with E-state index in [9.17, 15) is 38.8 Å². The Morgan fingerprint density at radius 3 is 2.48 bits per heavy atom. The van der Waals surface area contributed by atoms with Gasteiger partial charge in [-0.15, -0.1) is 0 Å². The largest absolute Gasteiger partial charge is 0.809 e. The summed E-state index contributed by atoms with van der Waals surface area (Å²) < 4.78 is 39.0. The maximum atomic E-state index is 12.1. The van der Waals surface area contributed by atoms with Crippen molar-refractivity contribution in [1.82, 2.24) is 9.55 Å². The maximum absolute atomic E-state index is 12.1. The molecule has 0 bridgehead atoms. The fourth-order valence-corrected chi connectivity index (χ4v) is 6.14. The molecule has 1 aliphatic carbocycles. The van der Waals surface area contributed by atoms with Crippen LogP contribution in [0.2, 0.25) is 0 Å². The Morgan fingerprint density at radius 2 is 1.90 bits per heavy atom. The van der Waals surface area contributed by atoms with E-state index in [1.54, 1.807) is 0 Å². The number of aliphatic hydroxyl groups excluding tert-OH is 2. The van der Waals surface area contributed by atoms with E-state index in [1.165, 1.54) is 12.3 Å². The summed E-state index contributed by atoms with van der Waals surface area (Å²) >= 11 is 0. The van der Waals surface area contributed by atoms with E-state index in [-0.39, 0.29) is 5.82 Å². The van der Waals surface area contributed by atoms with Crippen molar-refractivity contribution >= 4 is 21.2 Å². The molecule has 16 heteroatoms. The molecule has 1 aliphatic heterocycles. The van der Waals surface area contributed by atoms with Crippen molar-refractivity contribution in [1.29, 1.82) is 0 Å². The lowest BCUT2D eigenvalue weighted by atomic mass is 10.1. The quantitative estimate of drug-likeness (QED) is 0.322. The highest BCUT2D eigenvalue weighted by molar-refractivity contribution is 7.51. The average molecular weight is 482 g/mol. The van der Waals surface area contributed by atoms with Gasteiger partial charge in [-0.05, 0) is 32.4 Å². The monoisotopic (exact) mass is 482 g/mol. The Balaban J connectivity index is 1.66. The molecule has 0 radical (unpaired) electrons. The van der Waals surface area contributed by atoms with Crippen LogP contribution in [-0.2, 0) is 22.9 Å². The number of anilines is 1. The van der Waals surface area contributed by atoms with Gasteiger partial charge in [-0.3, -0.25) is 9.13 Å². The Kier molecular flexibility index (Phi) is 7.38. The molecule has 1 aromatic rings. The third-order valence-electron chi connectivity index (χ3n) is 5.21. The number of hydrogen-bond acceptors (Lipinski definition) is 13. The molecule has 2 fully saturated rings. The van der Waals surface area contributed by atoms with Crippen molar-refractivity contribution in [3.8, 4) is 0 Å². The van der Waals surface area contributed by atoms with Gasteiger partial charge in [-0.1, -0.05) is 12.8 Å². The molecular weight excluding hydrogens is 460 g/mol. The first-order chi connectivity index (χ1) is 14.4. The van der Waals surface area contributed by atoms with Crippen LogP contribution in [-0.4, -0.2) is 50.5 Å². The number of rotatable bonds is 8. The van der Waals surface area contributed by atoms with Gasteiger partial charge in [0.15, 0.2) is 6.23 Å². The molecule has 0 amide bonds. The van der Waals surface area contributed by atoms with E-state index in [2.05, 4.69) is 14.0 Å². The summed E-state index contributed by atoms with van der Waals surface area (Å²) in [7, 11) is -10.7. The van der Waals surface area contributed by atoms with Crippen molar-refractivity contribution in [3.05, 3.63) is 22.7 Å². The number of aromatic nitrogens is 2. The van der Waals surface area contributed by atoms with Gasteiger partial charge in [-0.25, -0.2) is 4.79 Å². The molecule has 14 nitrogen and oxygen atoms in total. The summed E-state index contributed by atoms with van der Waals surface area (Å²) in [5, 5.41) is 20.3. The summed E-state index contributed by atoms with van der Waals surface area (Å²) in [4.78, 5) is 50.5. The van der Waals surface area contributed by atoms with Crippen LogP contribution < -0.4 is 26.1 Å². The average Bonchev–Trinajstić information content (AvgIpc) is 3.28. The Hall–Kier alpha value is -1.18. The second-order valence-electron chi connectivity index (χ2n) is 7.41. The molecule has 31 heavy (non-hydrogen) atoms. The van der Waals surface area contributed by atoms with E-state index in [4.69, 9.17) is 10.5 Å². The lowest BCUT2D eigenvalue weighted by Gasteiger charge is -2.43. The Labute approximate surface area is 176 Å². The number of nitrogen functional groups attached to an aromatic ring is 1. The highest BCUT2D eigenvalue weighted by atomic mass is 31.2. The van der Waals surface area contributed by atoms with Gasteiger partial charge >= 0.3 is 5.69 Å². The predicted molar refractivity (Wildman–Crippen MR) is 96.8 cm³/mol. The summed E-state index contributed by atoms with van der Waals surface area (Å²) in [6.07, 6.45) is -3.06. The van der Waals surface area contributed by atoms with Gasteiger partial charge in [0.25, 0.3) is 7.82 Å². The van der Waals surface area contributed by atoms with Gasteiger partial charge in [0.2, 0.25) is 0 Å². The second kappa shape index (κ2) is 9.36. The van der Waals surface area contributed by atoms with E-state index in [0.29, 0.717) is 25.7 Å². The number of phosphoric acid groups is 1. The first-order valence-corrected chi connectivity index (χ1v) is 12.5. The molecule has 2 aliphatic rings. The summed E-state index contributed by atoms with van der Waals surface area (Å²) in [5.41, 5.74) is 4.51. The number of phosphoric ester groups is 1. The number of hydrogen-bond donors (Lipinski definition) is 3. The number of ether oxygens (including phenoxy) is 1. The van der Waals surface area contributed by atoms with Crippen LogP contribution in [0.1, 0.15) is 31.9 Å². The molecule has 1 saturated heterocycles. The van der Waals surface area contributed by atoms with Gasteiger partial charge in [0.1, 0.15) is 24.1 Å². The minimum atomic E-state index is -5.40. The molecule has 3 rings (SSSR count). The zero-order valence-corrected chi connectivity index (χ0v) is 17.9. The van der Waals surface area contributed by atoms with Crippen LogP contribution in [0.3, 0.4) is 0 Å². The molecule has 1 saturated carbocycles. The number of nitrogens with zero attached hydrogens (tertiary/aromatic N) is 2. The Bertz CT molecular complexity index is 931. The summed E-state index contributed by atoms with van der Waals surface area (Å²) in [6, 6.07) is 1.25. The summed E-state index contributed by atoms with van der Waals surface area (Å²) in [5.74, 6) is -2.94.